The average molecular weight is 500 g/mol. The van der Waals surface area contributed by atoms with Crippen molar-refractivity contribution in [3.63, 3.8) is 0 Å². The number of ether oxygens (including phenoxy) is 1. The second kappa shape index (κ2) is 13.5. The first-order valence-corrected chi connectivity index (χ1v) is 13.3. The molecular formula is C29H45N3O4. The number of carbonyl (C=O) groups is 3. The Morgan fingerprint density at radius 3 is 2.44 bits per heavy atom. The van der Waals surface area contributed by atoms with Crippen LogP contribution in [0.5, 0.6) is 0 Å². The monoisotopic (exact) mass is 499 g/mol. The number of unbranched alkanes of at least 4 members (excludes halogenated alkanes) is 2. The summed E-state index contributed by atoms with van der Waals surface area (Å²) in [5, 5.41) is 5.85. The number of nitrogens with zero attached hydrogens (tertiary/aromatic N) is 1. The number of nitrogens with one attached hydrogen (secondary N) is 2. The smallest absolute Gasteiger partial charge is 0.408 e. The molecule has 7 heteroatoms. The van der Waals surface area contributed by atoms with Gasteiger partial charge in [-0.1, -0.05) is 64.5 Å². The highest BCUT2D eigenvalue weighted by Gasteiger charge is 2.44. The van der Waals surface area contributed by atoms with Gasteiger partial charge in [0.1, 0.15) is 17.7 Å². The van der Waals surface area contributed by atoms with Gasteiger partial charge in [-0.15, -0.1) is 0 Å². The summed E-state index contributed by atoms with van der Waals surface area (Å²) in [6.07, 6.45) is 6.16. The van der Waals surface area contributed by atoms with Crippen molar-refractivity contribution in [2.45, 2.75) is 104 Å². The summed E-state index contributed by atoms with van der Waals surface area (Å²) in [6, 6.07) is 5.95. The first-order valence-electron chi connectivity index (χ1n) is 13.3. The Kier molecular flexibility index (Phi) is 11.0. The van der Waals surface area contributed by atoms with Gasteiger partial charge in [-0.05, 0) is 69.6 Å². The zero-order valence-electron chi connectivity index (χ0n) is 22.9. The van der Waals surface area contributed by atoms with Gasteiger partial charge in [0, 0.05) is 12.6 Å². The number of alkyl carbamates (subject to hydrolysis) is 1. The molecule has 0 bridgehead atoms. The Bertz CT molecular complexity index is 902. The molecule has 1 aliphatic carbocycles. The maximum atomic E-state index is 14.1. The van der Waals surface area contributed by atoms with Gasteiger partial charge in [-0.2, -0.15) is 0 Å². The standard InChI is InChI=1S/C29H45N3O4/c1-8-10-11-17-30-26(33)25(22-14-12-13-21(9-2)19-22)32(23-15-16-23)27(34)24(18-20(3)4)31-28(35)36-29(5,6)7/h9,12-14,19-20,23-25H,2,8,10-11,15-18H2,1,3-7H3,(H,30,33)(H,31,35). The first kappa shape index (κ1) is 29.4. The zero-order chi connectivity index (χ0) is 26.9. The second-order valence-corrected chi connectivity index (χ2v) is 11.1. The topological polar surface area (TPSA) is 87.7 Å². The zero-order valence-corrected chi connectivity index (χ0v) is 22.9. The van der Waals surface area contributed by atoms with Crippen LogP contribution in [-0.4, -0.2) is 47.0 Å². The van der Waals surface area contributed by atoms with E-state index in [0.717, 1.165) is 43.2 Å². The van der Waals surface area contributed by atoms with Crippen LogP contribution in [0.3, 0.4) is 0 Å². The predicted octanol–water partition coefficient (Wildman–Crippen LogP) is 5.61. The molecule has 3 amide bonds. The van der Waals surface area contributed by atoms with Gasteiger partial charge < -0.3 is 20.3 Å². The molecule has 1 aliphatic rings. The van der Waals surface area contributed by atoms with Crippen molar-refractivity contribution in [1.29, 1.82) is 0 Å². The minimum absolute atomic E-state index is 0.0497. The molecule has 1 saturated carbocycles. The van der Waals surface area contributed by atoms with Crippen LogP contribution < -0.4 is 10.6 Å². The van der Waals surface area contributed by atoms with Crippen LogP contribution in [0.15, 0.2) is 30.8 Å². The van der Waals surface area contributed by atoms with E-state index in [1.807, 2.05) is 38.1 Å². The molecule has 0 saturated heterocycles. The fourth-order valence-electron chi connectivity index (χ4n) is 4.17. The molecular weight excluding hydrogens is 454 g/mol. The van der Waals surface area contributed by atoms with E-state index in [0.29, 0.717) is 13.0 Å². The highest BCUT2D eigenvalue weighted by Crippen LogP contribution is 2.36. The van der Waals surface area contributed by atoms with E-state index < -0.39 is 23.8 Å². The van der Waals surface area contributed by atoms with E-state index >= 15 is 0 Å². The molecule has 0 spiro atoms. The van der Waals surface area contributed by atoms with Gasteiger partial charge >= 0.3 is 6.09 Å². The molecule has 7 nitrogen and oxygen atoms in total. The van der Waals surface area contributed by atoms with Crippen molar-refractivity contribution >= 4 is 24.0 Å². The molecule has 2 unspecified atom stereocenters. The first-order chi connectivity index (χ1) is 17.0. The summed E-state index contributed by atoms with van der Waals surface area (Å²) in [4.78, 5) is 42.0. The molecule has 0 aromatic heterocycles. The lowest BCUT2D eigenvalue weighted by molar-refractivity contribution is -0.143. The van der Waals surface area contributed by atoms with E-state index in [1.54, 1.807) is 31.7 Å². The van der Waals surface area contributed by atoms with Gasteiger partial charge in [-0.3, -0.25) is 9.59 Å². The van der Waals surface area contributed by atoms with E-state index in [4.69, 9.17) is 4.74 Å². The second-order valence-electron chi connectivity index (χ2n) is 11.1. The van der Waals surface area contributed by atoms with Gasteiger partial charge in [0.15, 0.2) is 0 Å². The van der Waals surface area contributed by atoms with Crippen molar-refractivity contribution < 1.29 is 19.1 Å². The third-order valence-electron chi connectivity index (χ3n) is 5.96. The number of benzene rings is 1. The quantitative estimate of drug-likeness (QED) is 0.346. The highest BCUT2D eigenvalue weighted by atomic mass is 16.6. The van der Waals surface area contributed by atoms with Gasteiger partial charge in [-0.25, -0.2) is 4.79 Å². The number of carbonyl (C=O) groups excluding carboxylic acids is 3. The molecule has 0 heterocycles. The van der Waals surface area contributed by atoms with E-state index in [9.17, 15) is 14.4 Å². The summed E-state index contributed by atoms with van der Waals surface area (Å²) in [5.74, 6) is -0.303. The van der Waals surface area contributed by atoms with Crippen molar-refractivity contribution in [2.75, 3.05) is 6.54 Å². The van der Waals surface area contributed by atoms with Crippen LogP contribution >= 0.6 is 0 Å². The SMILES string of the molecule is C=Cc1cccc(C(C(=O)NCCCCC)N(C(=O)C(CC(C)C)NC(=O)OC(C)(C)C)C2CC2)c1. The summed E-state index contributed by atoms with van der Waals surface area (Å²) in [5.41, 5.74) is 0.934. The van der Waals surface area contributed by atoms with Crippen molar-refractivity contribution in [2.24, 2.45) is 5.92 Å². The van der Waals surface area contributed by atoms with Crippen LogP contribution in [-0.2, 0) is 14.3 Å². The van der Waals surface area contributed by atoms with Crippen molar-refractivity contribution in [1.82, 2.24) is 15.5 Å². The number of hydrogen-bond acceptors (Lipinski definition) is 4. The van der Waals surface area contributed by atoms with E-state index in [2.05, 4.69) is 24.1 Å². The Balaban J connectivity index is 2.41. The fraction of sp³-hybridized carbons (Fsp3) is 0.621. The molecule has 200 valence electrons. The molecule has 1 aromatic carbocycles. The summed E-state index contributed by atoms with van der Waals surface area (Å²) >= 11 is 0. The molecule has 0 radical (unpaired) electrons. The van der Waals surface area contributed by atoms with E-state index in [1.165, 1.54) is 0 Å². The Morgan fingerprint density at radius 2 is 1.89 bits per heavy atom. The predicted molar refractivity (Wildman–Crippen MR) is 144 cm³/mol. The largest absolute Gasteiger partial charge is 0.444 e. The molecule has 2 rings (SSSR count). The lowest BCUT2D eigenvalue weighted by atomic mass is 9.98. The molecule has 0 aliphatic heterocycles. The van der Waals surface area contributed by atoms with Gasteiger partial charge in [0.05, 0.1) is 0 Å². The maximum absolute atomic E-state index is 14.1. The number of amides is 3. The molecule has 36 heavy (non-hydrogen) atoms. The molecule has 2 N–H and O–H groups in total. The summed E-state index contributed by atoms with van der Waals surface area (Å²) < 4.78 is 5.44. The van der Waals surface area contributed by atoms with Crippen LogP contribution in [0.2, 0.25) is 0 Å². The lowest BCUT2D eigenvalue weighted by Gasteiger charge is -2.35. The van der Waals surface area contributed by atoms with Crippen molar-refractivity contribution in [3.05, 3.63) is 42.0 Å². The van der Waals surface area contributed by atoms with Crippen LogP contribution in [0.25, 0.3) is 6.08 Å². The van der Waals surface area contributed by atoms with Gasteiger partial charge in [0.2, 0.25) is 11.8 Å². The summed E-state index contributed by atoms with van der Waals surface area (Å²) in [7, 11) is 0. The maximum Gasteiger partial charge on any atom is 0.408 e. The normalized spacial score (nSPS) is 15.1. The van der Waals surface area contributed by atoms with Crippen LogP contribution in [0, 0.1) is 5.92 Å². The molecule has 1 aromatic rings. The molecule has 1 fully saturated rings. The third kappa shape index (κ3) is 9.32. The van der Waals surface area contributed by atoms with Crippen LogP contribution in [0.1, 0.15) is 97.2 Å². The third-order valence-corrected chi connectivity index (χ3v) is 5.96. The van der Waals surface area contributed by atoms with E-state index in [-0.39, 0.29) is 23.8 Å². The lowest BCUT2D eigenvalue weighted by Crippen LogP contribution is -2.54. The number of hydrogen-bond donors (Lipinski definition) is 2. The minimum atomic E-state index is -0.793. The van der Waals surface area contributed by atoms with Gasteiger partial charge in [0.25, 0.3) is 0 Å². The Hall–Kier alpha value is -2.83. The number of rotatable bonds is 13. The highest BCUT2D eigenvalue weighted by molar-refractivity contribution is 5.92. The molecule has 2 atom stereocenters. The Morgan fingerprint density at radius 1 is 1.19 bits per heavy atom. The van der Waals surface area contributed by atoms with Crippen molar-refractivity contribution in [3.8, 4) is 0 Å². The minimum Gasteiger partial charge on any atom is -0.444 e. The Labute approximate surface area is 217 Å². The average Bonchev–Trinajstić information content (AvgIpc) is 3.62. The summed E-state index contributed by atoms with van der Waals surface area (Å²) in [6.45, 7) is 15.9. The fourth-order valence-corrected chi connectivity index (χ4v) is 4.17. The van der Waals surface area contributed by atoms with Crippen LogP contribution in [0.4, 0.5) is 4.79 Å².